The van der Waals surface area contributed by atoms with Crippen LogP contribution in [0.5, 0.6) is 0 Å². The molecule has 1 heterocycles. The molecule has 0 saturated carbocycles. The summed E-state index contributed by atoms with van der Waals surface area (Å²) in [6.45, 7) is 3.43. The molecule has 20 heavy (non-hydrogen) atoms. The zero-order valence-electron chi connectivity index (χ0n) is 11.6. The summed E-state index contributed by atoms with van der Waals surface area (Å²) in [6, 6.07) is 6.51. The van der Waals surface area contributed by atoms with Crippen molar-refractivity contribution in [3.63, 3.8) is 0 Å². The zero-order chi connectivity index (χ0) is 15.0. The second-order valence-electron chi connectivity index (χ2n) is 5.20. The Kier molecular flexibility index (Phi) is 3.56. The lowest BCUT2D eigenvalue weighted by molar-refractivity contribution is -0.126. The van der Waals surface area contributed by atoms with Crippen LogP contribution in [0.2, 0.25) is 0 Å². The second kappa shape index (κ2) is 4.90. The van der Waals surface area contributed by atoms with Gasteiger partial charge in [-0.2, -0.15) is 0 Å². The summed E-state index contributed by atoms with van der Waals surface area (Å²) in [7, 11) is -3.18. The van der Waals surface area contributed by atoms with Gasteiger partial charge < -0.3 is 4.74 Å². The highest BCUT2D eigenvalue weighted by molar-refractivity contribution is 7.90. The highest BCUT2D eigenvalue weighted by Gasteiger charge is 2.33. The van der Waals surface area contributed by atoms with E-state index in [9.17, 15) is 13.2 Å². The van der Waals surface area contributed by atoms with Crippen LogP contribution in [0.25, 0.3) is 6.08 Å². The van der Waals surface area contributed by atoms with Gasteiger partial charge in [0.05, 0.1) is 4.90 Å². The molecule has 0 radical (unpaired) electrons. The van der Waals surface area contributed by atoms with E-state index in [1.165, 1.54) is 12.3 Å². The maximum atomic E-state index is 11.6. The Labute approximate surface area is 118 Å². The molecule has 1 aliphatic rings. The fourth-order valence-corrected chi connectivity index (χ4v) is 2.39. The van der Waals surface area contributed by atoms with Crippen molar-refractivity contribution in [1.82, 2.24) is 0 Å². The molecule has 4 nitrogen and oxygen atoms in total. The topological polar surface area (TPSA) is 60.4 Å². The van der Waals surface area contributed by atoms with Gasteiger partial charge in [-0.1, -0.05) is 18.2 Å². The Hall–Kier alpha value is -1.88. The van der Waals surface area contributed by atoms with E-state index in [1.54, 1.807) is 50.3 Å². The highest BCUT2D eigenvalue weighted by atomic mass is 32.2. The SMILES string of the molecule is CC1(C)OC(/C=C/c2ccc(S(C)(=O)=O)cc2)=CC1=O. The molecule has 2 rings (SSSR count). The summed E-state index contributed by atoms with van der Waals surface area (Å²) in [5.41, 5.74) is 0.0267. The molecular formula is C15H16O4S. The first-order valence-electron chi connectivity index (χ1n) is 6.12. The van der Waals surface area contributed by atoms with Gasteiger partial charge in [0, 0.05) is 12.3 Å². The van der Waals surface area contributed by atoms with Gasteiger partial charge in [-0.3, -0.25) is 4.79 Å². The third kappa shape index (κ3) is 3.17. The second-order valence-corrected chi connectivity index (χ2v) is 7.21. The quantitative estimate of drug-likeness (QED) is 0.858. The molecule has 0 saturated heterocycles. The summed E-state index contributed by atoms with van der Waals surface area (Å²) in [5, 5.41) is 0. The van der Waals surface area contributed by atoms with Gasteiger partial charge in [0.25, 0.3) is 0 Å². The molecular weight excluding hydrogens is 276 g/mol. The summed E-state index contributed by atoms with van der Waals surface area (Å²) >= 11 is 0. The van der Waals surface area contributed by atoms with Crippen LogP contribution in [0, 0.1) is 0 Å². The number of carbonyl (C=O) groups is 1. The first-order valence-corrected chi connectivity index (χ1v) is 8.01. The van der Waals surface area contributed by atoms with Crippen molar-refractivity contribution < 1.29 is 17.9 Å². The summed E-state index contributed by atoms with van der Waals surface area (Å²) in [6.07, 6.45) is 6.10. The molecule has 0 bridgehead atoms. The Morgan fingerprint density at radius 1 is 1.10 bits per heavy atom. The summed E-state index contributed by atoms with van der Waals surface area (Å²) < 4.78 is 28.2. The fraction of sp³-hybridized carbons (Fsp3) is 0.267. The van der Waals surface area contributed by atoms with Crippen LogP contribution in [-0.4, -0.2) is 26.1 Å². The molecule has 0 fully saturated rings. The number of carbonyl (C=O) groups excluding carboxylic acids is 1. The number of benzene rings is 1. The molecule has 5 heteroatoms. The van der Waals surface area contributed by atoms with E-state index >= 15 is 0 Å². The number of hydrogen-bond acceptors (Lipinski definition) is 4. The van der Waals surface area contributed by atoms with Crippen molar-refractivity contribution in [1.29, 1.82) is 0 Å². The summed E-state index contributed by atoms with van der Waals surface area (Å²) in [4.78, 5) is 11.9. The molecule has 0 spiro atoms. The van der Waals surface area contributed by atoms with Gasteiger partial charge in [-0.05, 0) is 37.6 Å². The lowest BCUT2D eigenvalue weighted by atomic mass is 10.1. The van der Waals surface area contributed by atoms with Crippen molar-refractivity contribution in [2.75, 3.05) is 6.26 Å². The maximum Gasteiger partial charge on any atom is 0.202 e. The number of rotatable bonds is 3. The third-order valence-corrected chi connectivity index (χ3v) is 4.12. The van der Waals surface area contributed by atoms with E-state index in [2.05, 4.69) is 0 Å². The lowest BCUT2D eigenvalue weighted by Crippen LogP contribution is -2.27. The number of allylic oxidation sites excluding steroid dienone is 1. The van der Waals surface area contributed by atoms with Crippen LogP contribution in [0.3, 0.4) is 0 Å². The minimum Gasteiger partial charge on any atom is -0.480 e. The van der Waals surface area contributed by atoms with Gasteiger partial charge >= 0.3 is 0 Å². The molecule has 1 aliphatic heterocycles. The van der Waals surface area contributed by atoms with Crippen molar-refractivity contribution >= 4 is 21.7 Å². The van der Waals surface area contributed by atoms with Crippen LogP contribution < -0.4 is 0 Å². The van der Waals surface area contributed by atoms with Crippen LogP contribution in [0.1, 0.15) is 19.4 Å². The predicted molar refractivity (Wildman–Crippen MR) is 76.8 cm³/mol. The fourth-order valence-electron chi connectivity index (χ4n) is 1.76. The summed E-state index contributed by atoms with van der Waals surface area (Å²) in [5.74, 6) is 0.441. The Balaban J connectivity index is 2.14. The first-order chi connectivity index (χ1) is 9.18. The van der Waals surface area contributed by atoms with Crippen LogP contribution in [-0.2, 0) is 19.4 Å². The first kappa shape index (κ1) is 14.5. The minimum atomic E-state index is -3.18. The molecule has 0 atom stereocenters. The maximum absolute atomic E-state index is 11.6. The molecule has 0 aliphatic carbocycles. The Morgan fingerprint density at radius 2 is 1.70 bits per heavy atom. The van der Waals surface area contributed by atoms with E-state index in [-0.39, 0.29) is 10.7 Å². The van der Waals surface area contributed by atoms with E-state index in [4.69, 9.17) is 4.74 Å². The van der Waals surface area contributed by atoms with Crippen LogP contribution >= 0.6 is 0 Å². The molecule has 1 aromatic rings. The van der Waals surface area contributed by atoms with E-state index in [0.29, 0.717) is 5.76 Å². The van der Waals surface area contributed by atoms with Gasteiger partial charge in [0.1, 0.15) is 5.76 Å². The largest absolute Gasteiger partial charge is 0.480 e. The average Bonchev–Trinajstić information content (AvgIpc) is 2.60. The smallest absolute Gasteiger partial charge is 0.202 e. The van der Waals surface area contributed by atoms with Gasteiger partial charge in [-0.25, -0.2) is 8.42 Å². The van der Waals surface area contributed by atoms with Crippen molar-refractivity contribution in [3.05, 3.63) is 47.7 Å². The Morgan fingerprint density at radius 3 is 2.15 bits per heavy atom. The van der Waals surface area contributed by atoms with E-state index in [0.717, 1.165) is 5.56 Å². The highest BCUT2D eigenvalue weighted by Crippen LogP contribution is 2.25. The molecule has 1 aromatic carbocycles. The molecule has 0 amide bonds. The van der Waals surface area contributed by atoms with E-state index < -0.39 is 15.4 Å². The molecule has 0 N–H and O–H groups in total. The number of hydrogen-bond donors (Lipinski definition) is 0. The van der Waals surface area contributed by atoms with Crippen molar-refractivity contribution in [2.45, 2.75) is 24.3 Å². The number of sulfone groups is 1. The van der Waals surface area contributed by atoms with Gasteiger partial charge in [0.15, 0.2) is 15.4 Å². The predicted octanol–water partition coefficient (Wildman–Crippen LogP) is 2.37. The molecule has 0 aromatic heterocycles. The standard InChI is InChI=1S/C15H16O4S/c1-15(2)14(16)10-12(19-15)7-4-11-5-8-13(9-6-11)20(3,17)18/h4-10H,1-3H3/b7-4+. The van der Waals surface area contributed by atoms with Crippen molar-refractivity contribution in [2.24, 2.45) is 0 Å². The van der Waals surface area contributed by atoms with Crippen LogP contribution in [0.4, 0.5) is 0 Å². The van der Waals surface area contributed by atoms with Gasteiger partial charge in [-0.15, -0.1) is 0 Å². The molecule has 106 valence electrons. The lowest BCUT2D eigenvalue weighted by Gasteiger charge is -2.16. The van der Waals surface area contributed by atoms with Crippen LogP contribution in [0.15, 0.2) is 47.1 Å². The number of ether oxygens (including phenoxy) is 1. The Bertz CT molecular complexity index is 692. The van der Waals surface area contributed by atoms with E-state index in [1.807, 2.05) is 0 Å². The minimum absolute atomic E-state index is 0.0652. The monoisotopic (exact) mass is 292 g/mol. The van der Waals surface area contributed by atoms with Gasteiger partial charge in [0.2, 0.25) is 5.78 Å². The average molecular weight is 292 g/mol. The normalized spacial score (nSPS) is 18.1. The third-order valence-electron chi connectivity index (χ3n) is 2.99. The number of ketones is 1. The molecule has 0 unspecified atom stereocenters. The van der Waals surface area contributed by atoms with Crippen molar-refractivity contribution in [3.8, 4) is 0 Å². The zero-order valence-corrected chi connectivity index (χ0v) is 12.4.